The topological polar surface area (TPSA) is 0 Å². The standard InChI is InChI=1S/C12H14/c1-2-6-11(5-1)9-10-12-7-3-4-8-12/h1-3,5,7-8H,4,6,9-10H2. The van der Waals surface area contributed by atoms with Crippen molar-refractivity contribution in [2.75, 3.05) is 0 Å². The summed E-state index contributed by atoms with van der Waals surface area (Å²) in [5.74, 6) is 0. The molecule has 2 aliphatic carbocycles. The lowest BCUT2D eigenvalue weighted by molar-refractivity contribution is 0.924. The molecule has 0 amide bonds. The van der Waals surface area contributed by atoms with Gasteiger partial charge in [0.05, 0.1) is 0 Å². The van der Waals surface area contributed by atoms with Crippen LogP contribution < -0.4 is 0 Å². The van der Waals surface area contributed by atoms with E-state index in [1.54, 1.807) is 5.57 Å². The highest BCUT2D eigenvalue weighted by Crippen LogP contribution is 2.21. The Balaban J connectivity index is 1.78. The highest BCUT2D eigenvalue weighted by Gasteiger charge is 2.02. The molecule has 0 spiro atoms. The minimum absolute atomic E-state index is 1.15. The van der Waals surface area contributed by atoms with Crippen molar-refractivity contribution < 1.29 is 0 Å². The smallest absolute Gasteiger partial charge is 0.0132 e. The lowest BCUT2D eigenvalue weighted by atomic mass is 10.1. The van der Waals surface area contributed by atoms with E-state index in [1.165, 1.54) is 24.8 Å². The molecule has 0 atom stereocenters. The molecule has 0 aliphatic heterocycles. The normalized spacial score (nSPS) is 20.0. The van der Waals surface area contributed by atoms with E-state index in [1.807, 2.05) is 0 Å². The Hall–Kier alpha value is -1.04. The van der Waals surface area contributed by atoms with Crippen molar-refractivity contribution in [2.24, 2.45) is 0 Å². The maximum atomic E-state index is 2.32. The fraction of sp³-hybridized carbons (Fsp3) is 0.333. The summed E-state index contributed by atoms with van der Waals surface area (Å²) >= 11 is 0. The van der Waals surface area contributed by atoms with Crippen LogP contribution in [0.2, 0.25) is 0 Å². The van der Waals surface area contributed by atoms with E-state index in [4.69, 9.17) is 0 Å². The molecule has 12 heavy (non-hydrogen) atoms. The van der Waals surface area contributed by atoms with Gasteiger partial charge in [-0.1, -0.05) is 47.6 Å². The molecule has 0 heteroatoms. The molecule has 62 valence electrons. The Morgan fingerprint density at radius 2 is 2.17 bits per heavy atom. The van der Waals surface area contributed by atoms with E-state index in [-0.39, 0.29) is 0 Å². The summed E-state index contributed by atoms with van der Waals surface area (Å²) in [7, 11) is 0. The molecule has 0 nitrogen and oxygen atoms in total. The van der Waals surface area contributed by atoms with Gasteiger partial charge < -0.3 is 0 Å². The first kappa shape index (κ1) is 7.60. The minimum Gasteiger partial charge on any atom is -0.0805 e. The van der Waals surface area contributed by atoms with Gasteiger partial charge in [0.1, 0.15) is 0 Å². The Morgan fingerprint density at radius 3 is 2.83 bits per heavy atom. The maximum Gasteiger partial charge on any atom is -0.0132 e. The molecule has 0 bridgehead atoms. The third-order valence-corrected chi connectivity index (χ3v) is 2.43. The molecule has 0 radical (unpaired) electrons. The number of allylic oxidation sites excluding steroid dienone is 8. The first-order valence-electron chi connectivity index (χ1n) is 4.65. The summed E-state index contributed by atoms with van der Waals surface area (Å²) < 4.78 is 0. The number of rotatable bonds is 3. The molecule has 0 aromatic rings. The van der Waals surface area contributed by atoms with Crippen LogP contribution in [0.1, 0.15) is 25.7 Å². The summed E-state index contributed by atoms with van der Waals surface area (Å²) in [6, 6.07) is 0. The van der Waals surface area contributed by atoms with E-state index in [0.29, 0.717) is 0 Å². The maximum absolute atomic E-state index is 2.32. The summed E-state index contributed by atoms with van der Waals surface area (Å²) in [4.78, 5) is 0. The van der Waals surface area contributed by atoms with Crippen LogP contribution in [-0.2, 0) is 0 Å². The number of hydrogen-bond acceptors (Lipinski definition) is 0. The average molecular weight is 158 g/mol. The lowest BCUT2D eigenvalue weighted by Gasteiger charge is -2.00. The van der Waals surface area contributed by atoms with Gasteiger partial charge >= 0.3 is 0 Å². The van der Waals surface area contributed by atoms with E-state index in [2.05, 4.69) is 36.5 Å². The summed E-state index contributed by atoms with van der Waals surface area (Å²) in [5.41, 5.74) is 3.10. The number of hydrogen-bond donors (Lipinski definition) is 0. The van der Waals surface area contributed by atoms with Gasteiger partial charge in [0.25, 0.3) is 0 Å². The highest BCUT2D eigenvalue weighted by molar-refractivity contribution is 5.29. The Kier molecular flexibility index (Phi) is 2.26. The second-order valence-electron chi connectivity index (χ2n) is 3.37. The molecule has 0 heterocycles. The monoisotopic (exact) mass is 158 g/mol. The fourth-order valence-electron chi connectivity index (χ4n) is 1.67. The molecule has 0 unspecified atom stereocenters. The predicted octanol–water partition coefficient (Wildman–Crippen LogP) is 3.54. The molecule has 0 fully saturated rings. The third-order valence-electron chi connectivity index (χ3n) is 2.43. The van der Waals surface area contributed by atoms with Crippen LogP contribution >= 0.6 is 0 Å². The first-order valence-corrected chi connectivity index (χ1v) is 4.65. The molecule has 0 aromatic heterocycles. The van der Waals surface area contributed by atoms with Gasteiger partial charge in [-0.3, -0.25) is 0 Å². The molecule has 2 aliphatic rings. The summed E-state index contributed by atoms with van der Waals surface area (Å²) in [6.45, 7) is 0. The van der Waals surface area contributed by atoms with Crippen LogP contribution in [-0.4, -0.2) is 0 Å². The zero-order chi connectivity index (χ0) is 8.23. The zero-order valence-corrected chi connectivity index (χ0v) is 7.29. The summed E-state index contributed by atoms with van der Waals surface area (Å²) in [5, 5.41) is 0. The van der Waals surface area contributed by atoms with E-state index in [0.717, 1.165) is 6.42 Å². The van der Waals surface area contributed by atoms with Crippen LogP contribution in [0, 0.1) is 0 Å². The third kappa shape index (κ3) is 1.76. The highest BCUT2D eigenvalue weighted by atomic mass is 14.1. The van der Waals surface area contributed by atoms with Crippen molar-refractivity contribution >= 4 is 0 Å². The van der Waals surface area contributed by atoms with Gasteiger partial charge in [-0.25, -0.2) is 0 Å². The van der Waals surface area contributed by atoms with Crippen LogP contribution in [0.4, 0.5) is 0 Å². The van der Waals surface area contributed by atoms with Crippen molar-refractivity contribution in [3.05, 3.63) is 47.6 Å². The lowest BCUT2D eigenvalue weighted by Crippen LogP contribution is -1.81. The largest absolute Gasteiger partial charge is 0.0805 e. The molecule has 0 N–H and O–H groups in total. The van der Waals surface area contributed by atoms with Gasteiger partial charge in [-0.15, -0.1) is 0 Å². The molecule has 0 aromatic carbocycles. The van der Waals surface area contributed by atoms with Crippen LogP contribution in [0.15, 0.2) is 47.6 Å². The fourth-order valence-corrected chi connectivity index (χ4v) is 1.67. The molecule has 0 saturated carbocycles. The zero-order valence-electron chi connectivity index (χ0n) is 7.29. The van der Waals surface area contributed by atoms with Crippen LogP contribution in [0.25, 0.3) is 0 Å². The van der Waals surface area contributed by atoms with Crippen molar-refractivity contribution in [1.82, 2.24) is 0 Å². The SMILES string of the molecule is C1=CCC(CCC2=CCC=C2)=C1. The van der Waals surface area contributed by atoms with Gasteiger partial charge in [-0.05, 0) is 25.7 Å². The Morgan fingerprint density at radius 1 is 1.17 bits per heavy atom. The second-order valence-corrected chi connectivity index (χ2v) is 3.37. The molecular weight excluding hydrogens is 144 g/mol. The molecular formula is C12H14. The van der Waals surface area contributed by atoms with E-state index >= 15 is 0 Å². The Bertz CT molecular complexity index is 274. The van der Waals surface area contributed by atoms with Gasteiger partial charge in [0, 0.05) is 0 Å². The van der Waals surface area contributed by atoms with Crippen molar-refractivity contribution in [3.8, 4) is 0 Å². The quantitative estimate of drug-likeness (QED) is 0.589. The van der Waals surface area contributed by atoms with Gasteiger partial charge in [-0.2, -0.15) is 0 Å². The first-order chi connectivity index (χ1) is 5.95. The molecule has 0 saturated heterocycles. The van der Waals surface area contributed by atoms with Crippen LogP contribution in [0.5, 0.6) is 0 Å². The minimum atomic E-state index is 1.15. The van der Waals surface area contributed by atoms with Crippen molar-refractivity contribution in [1.29, 1.82) is 0 Å². The van der Waals surface area contributed by atoms with E-state index < -0.39 is 0 Å². The van der Waals surface area contributed by atoms with Crippen molar-refractivity contribution in [2.45, 2.75) is 25.7 Å². The van der Waals surface area contributed by atoms with E-state index in [9.17, 15) is 0 Å². The Labute approximate surface area is 74.0 Å². The van der Waals surface area contributed by atoms with Gasteiger partial charge in [0.15, 0.2) is 0 Å². The summed E-state index contributed by atoms with van der Waals surface area (Å²) in [6.07, 6.45) is 18.2. The van der Waals surface area contributed by atoms with Crippen LogP contribution in [0.3, 0.4) is 0 Å². The van der Waals surface area contributed by atoms with Gasteiger partial charge in [0.2, 0.25) is 0 Å². The average Bonchev–Trinajstić information content (AvgIpc) is 2.74. The predicted molar refractivity (Wildman–Crippen MR) is 52.9 cm³/mol. The molecule has 2 rings (SSSR count). The van der Waals surface area contributed by atoms with Crippen molar-refractivity contribution in [3.63, 3.8) is 0 Å². The second kappa shape index (κ2) is 3.57.